The minimum absolute atomic E-state index is 0.0329. The third-order valence-corrected chi connectivity index (χ3v) is 14.0. The Balaban J connectivity index is 0.00000118. The monoisotopic (exact) mass is 1110 g/mol. The van der Waals surface area contributed by atoms with Gasteiger partial charge in [0.1, 0.15) is 30.4 Å². The van der Waals surface area contributed by atoms with E-state index in [1.165, 1.54) is 30.5 Å². The number of fused-ring (bicyclic) bond motifs is 2. The van der Waals surface area contributed by atoms with Gasteiger partial charge in [-0.2, -0.15) is 57.1 Å². The maximum atomic E-state index is 15.4. The molecule has 1 aliphatic heterocycles. The number of carbonyl (C=O) groups excluding carboxylic acids is 3. The summed E-state index contributed by atoms with van der Waals surface area (Å²) in [4.78, 5) is 56.5. The van der Waals surface area contributed by atoms with Gasteiger partial charge in [-0.1, -0.05) is 58.4 Å². The fourth-order valence-corrected chi connectivity index (χ4v) is 8.99. The van der Waals surface area contributed by atoms with E-state index in [0.717, 1.165) is 47.3 Å². The van der Waals surface area contributed by atoms with E-state index >= 15 is 8.78 Å². The van der Waals surface area contributed by atoms with Crippen LogP contribution < -0.4 is 9.62 Å². The highest BCUT2D eigenvalue weighted by Gasteiger charge is 2.54. The van der Waals surface area contributed by atoms with Crippen LogP contribution in [0.4, 0.5) is 49.7 Å². The number of likely N-dealkylation sites (tertiary alicyclic amines) is 1. The fourth-order valence-electron chi connectivity index (χ4n) is 8.13. The number of amides is 3. The first kappa shape index (κ1) is 59.3. The zero-order valence-electron chi connectivity index (χ0n) is 40.9. The fraction of sp³-hybridized carbons (Fsp3) is 0.468. The van der Waals surface area contributed by atoms with Crippen molar-refractivity contribution in [3.05, 3.63) is 93.0 Å². The third kappa shape index (κ3) is 13.3. The molecule has 1 fully saturated rings. The van der Waals surface area contributed by atoms with Gasteiger partial charge in [-0.05, 0) is 67.3 Å². The molecule has 2 aliphatic rings. The lowest BCUT2D eigenvalue weighted by molar-refractivity contribution is -0.160. The van der Waals surface area contributed by atoms with Crippen molar-refractivity contribution in [1.82, 2.24) is 34.8 Å². The maximum absolute atomic E-state index is 15.4. The van der Waals surface area contributed by atoms with Crippen LogP contribution in [0.2, 0.25) is 5.02 Å². The largest absolute Gasteiger partial charge is 0.474 e. The number of nitrogens with zero attached hydrogens (tertiary/aromatic N) is 7. The molecule has 0 radical (unpaired) electrons. The average molecular weight is 1110 g/mol. The molecule has 14 nitrogen and oxygen atoms in total. The van der Waals surface area contributed by atoms with Crippen LogP contribution in [0.5, 0.6) is 0 Å². The standard InChI is InChI=1S/C41H35ClF10N8O5S.C5H12S.CH4O/c1-4-23-5-6-24(25-7-8-27(42)30-32(25)59(17-39(45,46)47)56-35(30)60(66-3)36(62)20-14-57(15-20)37(63)38(64)65)31(53-23)28(12-19-10-21(43)13-22(44)11-19)54-29(61)16-58-34-26(9-18(2)40(34,48)49)33(55-58)41(50,51)52;1-5(2,3)6-4;1-2/h5-8,10-11,13,18,20,28H,4,9,12,14-17H2,1-3H3,(H,54,61)(H,64,65);1-4H3;2H,1H3/t18-,28?;;/m1../s1. The second-order valence-corrected chi connectivity index (χ2v) is 20.8. The van der Waals surface area contributed by atoms with Gasteiger partial charge in [-0.25, -0.2) is 17.9 Å². The number of carboxylic acid groups (broad SMARTS) is 1. The van der Waals surface area contributed by atoms with Gasteiger partial charge in [0.05, 0.1) is 33.6 Å². The van der Waals surface area contributed by atoms with Gasteiger partial charge in [-0.15, -0.1) is 0 Å². The molecule has 3 N–H and O–H groups in total. The molecule has 404 valence electrons. The molecule has 1 aliphatic carbocycles. The normalized spacial score (nSPS) is 15.8. The van der Waals surface area contributed by atoms with E-state index < -0.39 is 114 Å². The number of aromatic nitrogens is 5. The second kappa shape index (κ2) is 23.1. The van der Waals surface area contributed by atoms with Crippen LogP contribution in [0.3, 0.4) is 0 Å². The number of rotatable bonds is 12. The van der Waals surface area contributed by atoms with Crippen molar-refractivity contribution in [3.8, 4) is 11.1 Å². The smallest absolute Gasteiger partial charge is 0.435 e. The number of anilines is 1. The van der Waals surface area contributed by atoms with Crippen molar-refractivity contribution in [3.63, 3.8) is 0 Å². The Kier molecular flexibility index (Phi) is 18.5. The van der Waals surface area contributed by atoms with E-state index in [0.29, 0.717) is 21.2 Å². The summed E-state index contributed by atoms with van der Waals surface area (Å²) < 4.78 is 148. The first-order valence-corrected chi connectivity index (χ1v) is 25.1. The Labute approximate surface area is 431 Å². The Morgan fingerprint density at radius 2 is 1.53 bits per heavy atom. The highest BCUT2D eigenvalue weighted by Crippen LogP contribution is 2.50. The van der Waals surface area contributed by atoms with Gasteiger partial charge < -0.3 is 20.4 Å². The summed E-state index contributed by atoms with van der Waals surface area (Å²) in [7, 11) is 1.00. The van der Waals surface area contributed by atoms with Crippen molar-refractivity contribution in [2.24, 2.45) is 11.8 Å². The van der Waals surface area contributed by atoms with E-state index in [9.17, 15) is 54.3 Å². The molecule has 1 saturated heterocycles. The average Bonchev–Trinajstić information content (AvgIpc) is 3.91. The van der Waals surface area contributed by atoms with Gasteiger partial charge in [0.15, 0.2) is 11.5 Å². The summed E-state index contributed by atoms with van der Waals surface area (Å²) >= 11 is 9.30. The molecule has 3 amide bonds. The van der Waals surface area contributed by atoms with Crippen molar-refractivity contribution in [2.75, 3.05) is 37.0 Å². The molecule has 3 aromatic heterocycles. The Bertz CT molecular complexity index is 2880. The number of carboxylic acids is 1. The molecule has 1 unspecified atom stereocenters. The molecule has 74 heavy (non-hydrogen) atoms. The quantitative estimate of drug-likeness (QED) is 0.0616. The first-order chi connectivity index (χ1) is 34.4. The van der Waals surface area contributed by atoms with Gasteiger partial charge in [0, 0.05) is 65.6 Å². The van der Waals surface area contributed by atoms with Gasteiger partial charge in [-0.3, -0.25) is 28.7 Å². The van der Waals surface area contributed by atoms with Gasteiger partial charge >= 0.3 is 24.2 Å². The third-order valence-electron chi connectivity index (χ3n) is 11.8. The molecule has 7 rings (SSSR count). The molecule has 5 aromatic rings. The van der Waals surface area contributed by atoms with Crippen molar-refractivity contribution in [1.29, 1.82) is 0 Å². The van der Waals surface area contributed by atoms with Gasteiger partial charge in [0.25, 0.3) is 5.92 Å². The molecular weight excluding hydrogens is 1060 g/mol. The molecule has 0 spiro atoms. The minimum Gasteiger partial charge on any atom is -0.474 e. The summed E-state index contributed by atoms with van der Waals surface area (Å²) in [5, 5.41) is 25.8. The minimum atomic E-state index is -5.17. The molecule has 2 aromatic carbocycles. The van der Waals surface area contributed by atoms with E-state index in [-0.39, 0.29) is 68.3 Å². The molecule has 2 atom stereocenters. The van der Waals surface area contributed by atoms with Crippen LogP contribution >= 0.6 is 35.3 Å². The Morgan fingerprint density at radius 3 is 2.05 bits per heavy atom. The zero-order valence-corrected chi connectivity index (χ0v) is 43.2. The summed E-state index contributed by atoms with van der Waals surface area (Å²) in [6.45, 7) is 5.73. The summed E-state index contributed by atoms with van der Waals surface area (Å²) in [6.07, 6.45) is -7.59. The summed E-state index contributed by atoms with van der Waals surface area (Å²) in [5.74, 6) is -13.9. The number of pyridine rings is 1. The first-order valence-electron chi connectivity index (χ1n) is 22.3. The number of halogens is 11. The van der Waals surface area contributed by atoms with Crippen LogP contribution in [0.1, 0.15) is 74.6 Å². The van der Waals surface area contributed by atoms with Gasteiger partial charge in [0.2, 0.25) is 11.8 Å². The van der Waals surface area contributed by atoms with E-state index in [1.807, 2.05) is 11.8 Å². The van der Waals surface area contributed by atoms with Crippen LogP contribution in [0.15, 0.2) is 42.5 Å². The number of benzene rings is 2. The number of aryl methyl sites for hydroxylation is 1. The lowest BCUT2D eigenvalue weighted by Gasteiger charge is -2.38. The van der Waals surface area contributed by atoms with E-state index in [4.69, 9.17) is 21.8 Å². The number of aliphatic hydroxyl groups is 1. The molecule has 0 saturated carbocycles. The van der Waals surface area contributed by atoms with Crippen molar-refractivity contribution in [2.45, 2.75) is 96.0 Å². The van der Waals surface area contributed by atoms with Crippen LogP contribution in [0, 0.1) is 23.5 Å². The highest BCUT2D eigenvalue weighted by molar-refractivity contribution is 8.00. The van der Waals surface area contributed by atoms with Crippen LogP contribution in [0.25, 0.3) is 22.0 Å². The SMILES string of the molecule is CCc1ccc(-c2ccc(Cl)c3c(N(SC)C(=O)C4CN(C(=O)C(=O)O)C4)nn(CC(F)(F)F)c23)c(C(Cc2cc(F)cc(F)c2)NC(=O)Cn2nc(C(F)(F)F)c3c2C(F)(F)[C@H](C)C3)n1.CO.CSC(C)(C)C. The van der Waals surface area contributed by atoms with Crippen LogP contribution in [-0.2, 0) is 63.6 Å². The Hall–Kier alpha value is -5.60. The number of aliphatic carboxylic acids is 1. The number of carbonyl (C=O) groups is 4. The lowest BCUT2D eigenvalue weighted by Crippen LogP contribution is -2.57. The van der Waals surface area contributed by atoms with E-state index in [1.54, 1.807) is 6.92 Å². The van der Waals surface area contributed by atoms with Crippen LogP contribution in [-0.4, -0.2) is 107 Å². The number of aliphatic hydroxyl groups excluding tert-OH is 1. The predicted molar refractivity (Wildman–Crippen MR) is 258 cm³/mol. The molecular formula is C47H51ClF10N8O6S2. The van der Waals surface area contributed by atoms with Crippen molar-refractivity contribution >= 4 is 75.7 Å². The number of hydrogen-bond donors (Lipinski definition) is 3. The van der Waals surface area contributed by atoms with Crippen molar-refractivity contribution < 1.29 is 73.3 Å². The number of alkyl halides is 8. The molecule has 0 bridgehead atoms. The number of thioether (sulfide) groups is 1. The second-order valence-electron chi connectivity index (χ2n) is 18.0. The summed E-state index contributed by atoms with van der Waals surface area (Å²) in [5.41, 5.74) is -3.90. The number of hydrogen-bond acceptors (Lipinski definition) is 10. The Morgan fingerprint density at radius 1 is 0.932 bits per heavy atom. The van der Waals surface area contributed by atoms with E-state index in [2.05, 4.69) is 47.5 Å². The molecule has 4 heterocycles. The number of nitrogens with one attached hydrogen (secondary N) is 1. The topological polar surface area (TPSA) is 176 Å². The maximum Gasteiger partial charge on any atom is 0.435 e. The predicted octanol–water partition coefficient (Wildman–Crippen LogP) is 9.66. The summed E-state index contributed by atoms with van der Waals surface area (Å²) in [6, 6.07) is 6.29. The molecule has 27 heteroatoms. The zero-order chi connectivity index (χ0) is 55.6. The highest BCUT2D eigenvalue weighted by atomic mass is 35.5. The lowest BCUT2D eigenvalue weighted by atomic mass is 9.93.